The summed E-state index contributed by atoms with van der Waals surface area (Å²) in [4.78, 5) is 27.5. The molecule has 142 valence electrons. The zero-order chi connectivity index (χ0) is 20.0. The Kier molecular flexibility index (Phi) is 4.06. The number of benzene rings is 3. The van der Waals surface area contributed by atoms with E-state index in [1.807, 2.05) is 31.2 Å². The zero-order valence-electron chi connectivity index (χ0n) is 16.0. The molecule has 1 heterocycles. The van der Waals surface area contributed by atoms with Crippen LogP contribution in [-0.4, -0.2) is 17.9 Å². The minimum atomic E-state index is -0.303. The molecule has 5 rings (SSSR count). The number of anilines is 1. The van der Waals surface area contributed by atoms with Crippen molar-refractivity contribution in [3.8, 4) is 5.75 Å². The van der Waals surface area contributed by atoms with Crippen molar-refractivity contribution in [3.63, 3.8) is 0 Å². The molecule has 1 unspecified atom stereocenters. The van der Waals surface area contributed by atoms with E-state index in [-0.39, 0.29) is 17.9 Å². The Morgan fingerprint density at radius 3 is 2.14 bits per heavy atom. The van der Waals surface area contributed by atoms with Gasteiger partial charge in [0, 0.05) is 16.5 Å². The van der Waals surface area contributed by atoms with Gasteiger partial charge in [-0.1, -0.05) is 42.5 Å². The number of nitrogens with zero attached hydrogens (tertiary/aromatic N) is 1. The van der Waals surface area contributed by atoms with E-state index in [1.165, 1.54) is 4.90 Å². The lowest BCUT2D eigenvalue weighted by atomic mass is 9.94. The fraction of sp³-hybridized carbons (Fsp3) is 0.120. The second-order valence-electron chi connectivity index (χ2n) is 7.25. The molecule has 0 radical (unpaired) electrons. The Balaban J connectivity index is 1.46. The van der Waals surface area contributed by atoms with Crippen molar-refractivity contribution in [2.75, 3.05) is 4.90 Å². The van der Waals surface area contributed by atoms with Crippen LogP contribution in [0.25, 0.3) is 10.8 Å². The molecule has 0 saturated heterocycles. The van der Waals surface area contributed by atoms with E-state index in [4.69, 9.17) is 4.74 Å². The first-order chi connectivity index (χ1) is 14.1. The van der Waals surface area contributed by atoms with Crippen LogP contribution in [0, 0.1) is 0 Å². The van der Waals surface area contributed by atoms with Gasteiger partial charge in [-0.3, -0.25) is 9.59 Å². The van der Waals surface area contributed by atoms with Crippen LogP contribution in [0.15, 0.2) is 84.5 Å². The number of hydrogen-bond donors (Lipinski definition) is 0. The van der Waals surface area contributed by atoms with Crippen LogP contribution in [0.4, 0.5) is 5.69 Å². The monoisotopic (exact) mass is 381 g/mol. The third-order valence-electron chi connectivity index (χ3n) is 5.45. The Morgan fingerprint density at radius 1 is 0.897 bits per heavy atom. The maximum absolute atomic E-state index is 13.1. The molecular formula is C25H19NO3. The third-order valence-corrected chi connectivity index (χ3v) is 5.45. The molecule has 3 aromatic rings. The van der Waals surface area contributed by atoms with Crippen molar-refractivity contribution in [3.05, 3.63) is 95.6 Å². The number of carbonyl (C=O) groups is 2. The van der Waals surface area contributed by atoms with Crippen molar-refractivity contribution in [1.29, 1.82) is 0 Å². The normalized spacial score (nSPS) is 16.3. The van der Waals surface area contributed by atoms with Crippen molar-refractivity contribution in [1.82, 2.24) is 0 Å². The number of rotatable bonds is 4. The molecule has 0 N–H and O–H groups in total. The van der Waals surface area contributed by atoms with E-state index in [1.54, 1.807) is 36.4 Å². The Hall–Kier alpha value is -3.66. The lowest BCUT2D eigenvalue weighted by Crippen LogP contribution is -2.40. The van der Waals surface area contributed by atoms with Crippen LogP contribution in [-0.2, 0) is 0 Å². The highest BCUT2D eigenvalue weighted by molar-refractivity contribution is 6.35. The molecule has 0 aromatic heterocycles. The number of hydrogen-bond acceptors (Lipinski definition) is 3. The topological polar surface area (TPSA) is 46.6 Å². The number of imide groups is 1. The van der Waals surface area contributed by atoms with Gasteiger partial charge in [0.2, 0.25) is 0 Å². The molecule has 4 nitrogen and oxygen atoms in total. The first kappa shape index (κ1) is 17.4. The number of amides is 2. The molecule has 0 bridgehead atoms. The maximum Gasteiger partial charge on any atom is 0.265 e. The zero-order valence-corrected chi connectivity index (χ0v) is 16.0. The van der Waals surface area contributed by atoms with Crippen molar-refractivity contribution >= 4 is 28.3 Å². The van der Waals surface area contributed by atoms with Crippen molar-refractivity contribution in [2.45, 2.75) is 19.4 Å². The average molecular weight is 381 g/mol. The highest BCUT2D eigenvalue weighted by Gasteiger charge is 2.33. The fourth-order valence-corrected chi connectivity index (χ4v) is 3.99. The third kappa shape index (κ3) is 2.85. The summed E-state index contributed by atoms with van der Waals surface area (Å²) in [7, 11) is 0. The molecule has 2 amide bonds. The molecule has 29 heavy (non-hydrogen) atoms. The summed E-state index contributed by atoms with van der Waals surface area (Å²) >= 11 is 0. The van der Waals surface area contributed by atoms with E-state index >= 15 is 0 Å². The minimum absolute atomic E-state index is 0.0534. The standard InChI is InChI=1S/C25H19NO3/c1-16(17-6-2-3-7-17)29-20-14-12-19(13-15-20)26-24(27)21-10-4-8-18-9-5-11-22(23(18)21)25(26)28/h2,4-16H,3H2,1H3. The van der Waals surface area contributed by atoms with Crippen molar-refractivity contribution in [2.24, 2.45) is 0 Å². The van der Waals surface area contributed by atoms with Crippen LogP contribution in [0.3, 0.4) is 0 Å². The van der Waals surface area contributed by atoms with Gasteiger partial charge in [0.1, 0.15) is 11.9 Å². The molecule has 1 aliphatic heterocycles. The molecular weight excluding hydrogens is 362 g/mol. The van der Waals surface area contributed by atoms with Crippen LogP contribution < -0.4 is 9.64 Å². The van der Waals surface area contributed by atoms with Crippen LogP contribution in [0.5, 0.6) is 5.75 Å². The smallest absolute Gasteiger partial charge is 0.265 e. The van der Waals surface area contributed by atoms with Crippen LogP contribution in [0.2, 0.25) is 0 Å². The second-order valence-corrected chi connectivity index (χ2v) is 7.25. The predicted octanol–water partition coefficient (Wildman–Crippen LogP) is 5.29. The summed E-state index contributed by atoms with van der Waals surface area (Å²) in [5.74, 6) is 0.0898. The fourth-order valence-electron chi connectivity index (χ4n) is 3.99. The molecule has 0 spiro atoms. The van der Waals surface area contributed by atoms with Gasteiger partial charge < -0.3 is 4.74 Å². The second kappa shape index (κ2) is 6.74. The molecule has 1 aliphatic carbocycles. The Bertz CT molecular complexity index is 1150. The van der Waals surface area contributed by atoms with Gasteiger partial charge in [0.05, 0.1) is 5.69 Å². The molecule has 3 aromatic carbocycles. The van der Waals surface area contributed by atoms with Gasteiger partial charge in [-0.25, -0.2) is 4.90 Å². The van der Waals surface area contributed by atoms with Crippen LogP contribution >= 0.6 is 0 Å². The molecule has 0 fully saturated rings. The average Bonchev–Trinajstić information content (AvgIpc) is 3.28. The highest BCUT2D eigenvalue weighted by Crippen LogP contribution is 2.33. The van der Waals surface area contributed by atoms with Crippen molar-refractivity contribution < 1.29 is 14.3 Å². The van der Waals surface area contributed by atoms with E-state index < -0.39 is 0 Å². The van der Waals surface area contributed by atoms with Gasteiger partial charge in [-0.15, -0.1) is 0 Å². The summed E-state index contributed by atoms with van der Waals surface area (Å²) in [5.41, 5.74) is 2.78. The number of allylic oxidation sites excluding steroid dienone is 2. The van der Waals surface area contributed by atoms with E-state index in [2.05, 4.69) is 18.2 Å². The lowest BCUT2D eigenvalue weighted by Gasteiger charge is -2.27. The Morgan fingerprint density at radius 2 is 1.55 bits per heavy atom. The Labute approximate surface area is 168 Å². The molecule has 1 atom stereocenters. The molecule has 2 aliphatic rings. The van der Waals surface area contributed by atoms with E-state index in [0.29, 0.717) is 22.6 Å². The summed E-state index contributed by atoms with van der Waals surface area (Å²) in [6, 6.07) is 18.2. The van der Waals surface area contributed by atoms with E-state index in [9.17, 15) is 9.59 Å². The predicted molar refractivity (Wildman–Crippen MR) is 113 cm³/mol. The molecule has 0 saturated carbocycles. The number of carbonyl (C=O) groups excluding carboxylic acids is 2. The SMILES string of the molecule is CC(Oc1ccc(N2C(=O)c3cccc4cccc(c34)C2=O)cc1)C1=CCC=C1. The summed E-state index contributed by atoms with van der Waals surface area (Å²) in [6.45, 7) is 2.00. The number of ether oxygens (including phenoxy) is 1. The maximum atomic E-state index is 13.1. The van der Waals surface area contributed by atoms with E-state index in [0.717, 1.165) is 22.8 Å². The minimum Gasteiger partial charge on any atom is -0.486 e. The van der Waals surface area contributed by atoms with Gasteiger partial charge in [0.15, 0.2) is 0 Å². The van der Waals surface area contributed by atoms with Gasteiger partial charge in [-0.2, -0.15) is 0 Å². The lowest BCUT2D eigenvalue weighted by molar-refractivity contribution is 0.0893. The largest absolute Gasteiger partial charge is 0.486 e. The van der Waals surface area contributed by atoms with Gasteiger partial charge in [-0.05, 0) is 60.7 Å². The first-order valence-electron chi connectivity index (χ1n) is 9.67. The van der Waals surface area contributed by atoms with Crippen LogP contribution in [0.1, 0.15) is 34.1 Å². The van der Waals surface area contributed by atoms with Gasteiger partial charge in [0.25, 0.3) is 11.8 Å². The summed E-state index contributed by atoms with van der Waals surface area (Å²) in [6.07, 6.45) is 7.20. The summed E-state index contributed by atoms with van der Waals surface area (Å²) in [5, 5.41) is 1.63. The summed E-state index contributed by atoms with van der Waals surface area (Å²) < 4.78 is 5.99. The quantitative estimate of drug-likeness (QED) is 0.577. The molecule has 4 heteroatoms. The first-order valence-corrected chi connectivity index (χ1v) is 9.67. The van der Waals surface area contributed by atoms with Gasteiger partial charge >= 0.3 is 0 Å². The highest BCUT2D eigenvalue weighted by atomic mass is 16.5.